The standard InChI is InChI=1S/C53H81NO13/c1-12-65-43-24-22-39(29-46(43)63-10)28-35(5)45-31-42(55)34(4)27-37(7)48(57)49(64-11)47(56)36(6)26-32(2)18-14-13-15-19-33(3)44(62-9)30-40-23-21-38(8)53(61,67-40)50(58)51(59)54-25-17-16-20-41(54)52(60)66-45/h12-15,18-19,27,32,34-36,38-41,43-46,48-49,57,61H,1,16-17,20-26,28-31H2,2-11H3/b15-13+,18-14-,33-19+,37-27+/t32-,34-,35-,36-,38-,39-,40+,41+,43-,44+,45+,46-,48-,49+,53-/m1/s1. The Bertz CT molecular complexity index is 1820. The van der Waals surface area contributed by atoms with Gasteiger partial charge < -0.3 is 43.5 Å². The van der Waals surface area contributed by atoms with Gasteiger partial charge in [0.05, 0.1) is 24.6 Å². The molecular formula is C53H81NO13. The van der Waals surface area contributed by atoms with E-state index in [1.165, 1.54) is 18.3 Å². The van der Waals surface area contributed by atoms with Gasteiger partial charge in [-0.3, -0.25) is 19.2 Å². The lowest BCUT2D eigenvalue weighted by atomic mass is 9.78. The molecule has 0 radical (unpaired) electrons. The summed E-state index contributed by atoms with van der Waals surface area (Å²) in [5, 5.41) is 23.4. The Balaban J connectivity index is 1.70. The van der Waals surface area contributed by atoms with Crippen LogP contribution in [-0.2, 0) is 52.4 Å². The topological polar surface area (TPSA) is 184 Å². The number of aliphatic hydroxyl groups excluding tert-OH is 1. The van der Waals surface area contributed by atoms with E-state index in [-0.39, 0.29) is 60.9 Å². The van der Waals surface area contributed by atoms with E-state index in [1.807, 2.05) is 58.1 Å². The van der Waals surface area contributed by atoms with E-state index < -0.39 is 77.8 Å². The summed E-state index contributed by atoms with van der Waals surface area (Å²) >= 11 is 0. The summed E-state index contributed by atoms with van der Waals surface area (Å²) in [7, 11) is 4.61. The minimum absolute atomic E-state index is 0.0208. The fraction of sp³-hybridized carbons (Fsp3) is 0.717. The van der Waals surface area contributed by atoms with Crippen LogP contribution >= 0.6 is 0 Å². The normalized spacial score (nSPS) is 39.4. The number of cyclic esters (lactones) is 1. The van der Waals surface area contributed by atoms with Crippen LogP contribution in [0.3, 0.4) is 0 Å². The van der Waals surface area contributed by atoms with Crippen molar-refractivity contribution in [3.05, 3.63) is 60.4 Å². The number of Topliss-reactive ketones (excluding diaryl/α,β-unsaturated/α-hetero) is 3. The third kappa shape index (κ3) is 14.9. The molecule has 3 aliphatic heterocycles. The maximum Gasteiger partial charge on any atom is 0.329 e. The van der Waals surface area contributed by atoms with Crippen LogP contribution in [-0.4, -0.2) is 127 Å². The summed E-state index contributed by atoms with van der Waals surface area (Å²) < 4.78 is 35.4. The second-order valence-electron chi connectivity index (χ2n) is 19.9. The number of methoxy groups -OCH3 is 3. The Kier molecular flexibility index (Phi) is 21.9. The summed E-state index contributed by atoms with van der Waals surface area (Å²) in [4.78, 5) is 72.1. The summed E-state index contributed by atoms with van der Waals surface area (Å²) in [6.45, 7) is 16.5. The predicted octanol–water partition coefficient (Wildman–Crippen LogP) is 7.35. The van der Waals surface area contributed by atoms with E-state index in [2.05, 4.69) is 6.58 Å². The van der Waals surface area contributed by atoms with E-state index >= 15 is 0 Å². The Morgan fingerprint density at radius 3 is 2.28 bits per heavy atom. The number of hydrogen-bond donors (Lipinski definition) is 2. The highest BCUT2D eigenvalue weighted by atomic mass is 16.6. The Labute approximate surface area is 399 Å². The number of rotatable bonds is 8. The average molecular weight is 940 g/mol. The number of nitrogens with zero attached hydrogens (tertiary/aromatic N) is 1. The van der Waals surface area contributed by atoms with Crippen LogP contribution in [0.1, 0.15) is 126 Å². The number of aliphatic hydroxyl groups is 2. The van der Waals surface area contributed by atoms with Crippen molar-refractivity contribution in [3.63, 3.8) is 0 Å². The van der Waals surface area contributed by atoms with Crippen LogP contribution in [0, 0.1) is 35.5 Å². The van der Waals surface area contributed by atoms with Crippen molar-refractivity contribution in [2.75, 3.05) is 27.9 Å². The van der Waals surface area contributed by atoms with Gasteiger partial charge in [-0.1, -0.05) is 77.7 Å². The van der Waals surface area contributed by atoms with Crippen molar-refractivity contribution in [1.29, 1.82) is 0 Å². The van der Waals surface area contributed by atoms with Gasteiger partial charge in [-0.15, -0.1) is 0 Å². The summed E-state index contributed by atoms with van der Waals surface area (Å²) in [5.41, 5.74) is 1.28. The molecule has 0 unspecified atom stereocenters. The minimum atomic E-state index is -2.43. The van der Waals surface area contributed by atoms with Gasteiger partial charge in [0.1, 0.15) is 36.2 Å². The first-order valence-electron chi connectivity index (χ1n) is 24.5. The first-order valence-corrected chi connectivity index (χ1v) is 24.5. The summed E-state index contributed by atoms with van der Waals surface area (Å²) in [6, 6.07) is -1.13. The quantitative estimate of drug-likeness (QED) is 0.107. The van der Waals surface area contributed by atoms with Crippen molar-refractivity contribution in [1.82, 2.24) is 4.90 Å². The van der Waals surface area contributed by atoms with Crippen LogP contribution < -0.4 is 0 Å². The number of amides is 1. The lowest BCUT2D eigenvalue weighted by molar-refractivity contribution is -0.265. The molecule has 0 aromatic heterocycles. The zero-order valence-electron chi connectivity index (χ0n) is 41.9. The van der Waals surface area contributed by atoms with Crippen LogP contribution in [0.5, 0.6) is 0 Å². The molecular weight excluding hydrogens is 859 g/mol. The molecule has 2 N–H and O–H groups in total. The van der Waals surface area contributed by atoms with Crippen LogP contribution in [0.15, 0.2) is 60.4 Å². The third-order valence-corrected chi connectivity index (χ3v) is 14.7. The molecule has 15 atom stereocenters. The molecule has 14 nitrogen and oxygen atoms in total. The number of ketones is 3. The van der Waals surface area contributed by atoms with Crippen molar-refractivity contribution >= 4 is 29.2 Å². The van der Waals surface area contributed by atoms with Crippen molar-refractivity contribution in [2.24, 2.45) is 35.5 Å². The molecule has 1 aliphatic carbocycles. The number of hydrogen-bond acceptors (Lipinski definition) is 13. The molecule has 2 saturated heterocycles. The number of carbonyl (C=O) groups excluding carboxylic acids is 5. The van der Waals surface area contributed by atoms with Gasteiger partial charge in [0.2, 0.25) is 5.79 Å². The molecule has 67 heavy (non-hydrogen) atoms. The molecule has 3 fully saturated rings. The van der Waals surface area contributed by atoms with Gasteiger partial charge in [0.25, 0.3) is 11.7 Å². The zero-order chi connectivity index (χ0) is 49.6. The molecule has 4 rings (SSSR count). The lowest BCUT2D eigenvalue weighted by Crippen LogP contribution is -2.61. The number of ether oxygens (including phenoxy) is 6. The van der Waals surface area contributed by atoms with Gasteiger partial charge >= 0.3 is 5.97 Å². The van der Waals surface area contributed by atoms with E-state index in [9.17, 15) is 34.2 Å². The van der Waals surface area contributed by atoms with E-state index in [1.54, 1.807) is 41.1 Å². The molecule has 3 heterocycles. The van der Waals surface area contributed by atoms with E-state index in [0.717, 1.165) is 18.4 Å². The molecule has 4 aliphatic rings. The molecule has 0 aromatic rings. The van der Waals surface area contributed by atoms with Gasteiger partial charge in [0.15, 0.2) is 5.78 Å². The van der Waals surface area contributed by atoms with Gasteiger partial charge in [-0.05, 0) is 107 Å². The molecule has 1 amide bonds. The average Bonchev–Trinajstić information content (AvgIpc) is 3.30. The fourth-order valence-electron chi connectivity index (χ4n) is 10.4. The van der Waals surface area contributed by atoms with E-state index in [0.29, 0.717) is 56.9 Å². The second kappa shape index (κ2) is 26.3. The van der Waals surface area contributed by atoms with E-state index in [4.69, 9.17) is 28.4 Å². The van der Waals surface area contributed by atoms with Crippen molar-refractivity contribution < 1.29 is 62.6 Å². The number of allylic oxidation sites excluding steroid dienone is 6. The highest BCUT2D eigenvalue weighted by Gasteiger charge is 2.53. The smallest absolute Gasteiger partial charge is 0.329 e. The first kappa shape index (κ1) is 55.8. The third-order valence-electron chi connectivity index (χ3n) is 14.7. The summed E-state index contributed by atoms with van der Waals surface area (Å²) in [5.74, 6) is -7.83. The fourth-order valence-corrected chi connectivity index (χ4v) is 10.4. The lowest BCUT2D eigenvalue weighted by Gasteiger charge is -2.42. The molecule has 1 saturated carbocycles. The van der Waals surface area contributed by atoms with Gasteiger partial charge in [-0.2, -0.15) is 0 Å². The second-order valence-corrected chi connectivity index (χ2v) is 19.9. The van der Waals surface area contributed by atoms with Crippen molar-refractivity contribution in [3.8, 4) is 0 Å². The predicted molar refractivity (Wildman–Crippen MR) is 254 cm³/mol. The summed E-state index contributed by atoms with van der Waals surface area (Å²) in [6.07, 6.45) is 13.7. The van der Waals surface area contributed by atoms with Crippen molar-refractivity contribution in [2.45, 2.75) is 180 Å². The monoisotopic (exact) mass is 940 g/mol. The van der Waals surface area contributed by atoms with Gasteiger partial charge in [-0.25, -0.2) is 4.79 Å². The molecule has 14 heteroatoms. The zero-order valence-corrected chi connectivity index (χ0v) is 41.9. The molecule has 0 aromatic carbocycles. The maximum absolute atomic E-state index is 14.4. The molecule has 0 spiro atoms. The minimum Gasteiger partial charge on any atom is -0.496 e. The highest BCUT2D eigenvalue weighted by Crippen LogP contribution is 2.38. The SMILES string of the molecule is C=CO[C@@H]1CC[C@H](C[C@@H](C)[C@@H]2CC(=O)[C@H](C)/C=C(\C)[C@@H](O)[C@@H](OC)C(=O)[C@H](C)C[C@H](C)\C=C/C=C/C=C(\C)[C@@H](OC)C[C@@H]3CC[C@@H](C)[C@@](O)(O3)C(=O)C(=O)N3CCCC[C@H]3C(=O)O2)C[C@H]1OC. The Morgan fingerprint density at radius 2 is 1.61 bits per heavy atom. The van der Waals surface area contributed by atoms with Crippen LogP contribution in [0.25, 0.3) is 0 Å². The Morgan fingerprint density at radius 1 is 0.881 bits per heavy atom. The van der Waals surface area contributed by atoms with Crippen LogP contribution in [0.4, 0.5) is 0 Å². The maximum atomic E-state index is 14.4. The largest absolute Gasteiger partial charge is 0.496 e. The number of carbonyl (C=O) groups is 5. The molecule has 2 bridgehead atoms. The Hall–Kier alpha value is -3.79. The number of piperidine rings is 1. The van der Waals surface area contributed by atoms with Crippen LogP contribution in [0.2, 0.25) is 0 Å². The number of esters is 1. The molecule has 376 valence electrons. The highest BCUT2D eigenvalue weighted by molar-refractivity contribution is 6.39. The first-order chi connectivity index (χ1) is 31.8. The number of fused-ring (bicyclic) bond motifs is 3. The van der Waals surface area contributed by atoms with Gasteiger partial charge in [0, 0.05) is 58.5 Å².